The van der Waals surface area contributed by atoms with Crippen molar-refractivity contribution in [2.45, 2.75) is 0 Å². The third kappa shape index (κ3) is 1.98. The van der Waals surface area contributed by atoms with E-state index in [1.165, 1.54) is 0 Å². The summed E-state index contributed by atoms with van der Waals surface area (Å²) in [7, 11) is 6.25. The molecule has 0 unspecified atom stereocenters. The molecule has 0 N–H and O–H groups in total. The summed E-state index contributed by atoms with van der Waals surface area (Å²) in [6.45, 7) is 0. The summed E-state index contributed by atoms with van der Waals surface area (Å²) >= 11 is 0. The minimum absolute atomic E-state index is 0.161. The summed E-state index contributed by atoms with van der Waals surface area (Å²) < 4.78 is 22.1. The number of ketones is 1. The molecule has 6 nitrogen and oxygen atoms in total. The quantitative estimate of drug-likeness (QED) is 0.561. The summed E-state index contributed by atoms with van der Waals surface area (Å²) in [6.07, 6.45) is 1.60. The Kier molecular flexibility index (Phi) is 3.68. The molecular formula is C20H17NO5. The Morgan fingerprint density at radius 1 is 0.808 bits per heavy atom. The van der Waals surface area contributed by atoms with Crippen LogP contribution in [0.5, 0.6) is 23.0 Å². The number of rotatable bonds is 4. The van der Waals surface area contributed by atoms with Gasteiger partial charge >= 0.3 is 0 Å². The number of carbonyl (C=O) groups is 1. The molecule has 0 aliphatic heterocycles. The first-order valence-electron chi connectivity index (χ1n) is 8.00. The van der Waals surface area contributed by atoms with Crippen LogP contribution in [0.2, 0.25) is 0 Å². The van der Waals surface area contributed by atoms with Crippen molar-refractivity contribution >= 4 is 16.6 Å². The molecule has 1 heterocycles. The lowest BCUT2D eigenvalue weighted by Crippen LogP contribution is -2.13. The molecule has 1 aliphatic carbocycles. The zero-order chi connectivity index (χ0) is 18.4. The number of aromatic nitrogens is 1. The van der Waals surface area contributed by atoms with Crippen molar-refractivity contribution in [3.8, 4) is 34.1 Å². The summed E-state index contributed by atoms with van der Waals surface area (Å²) in [5.41, 5.74) is 2.39. The molecule has 0 saturated heterocycles. The maximum Gasteiger partial charge on any atom is 0.212 e. The van der Waals surface area contributed by atoms with Crippen LogP contribution in [0.3, 0.4) is 0 Å². The van der Waals surface area contributed by atoms with E-state index in [4.69, 9.17) is 18.9 Å². The van der Waals surface area contributed by atoms with E-state index in [9.17, 15) is 4.79 Å². The number of pyridine rings is 1. The second-order valence-electron chi connectivity index (χ2n) is 5.80. The van der Waals surface area contributed by atoms with Gasteiger partial charge in [0.05, 0.1) is 28.4 Å². The molecule has 132 valence electrons. The van der Waals surface area contributed by atoms with Crippen LogP contribution in [0.15, 0.2) is 30.5 Å². The van der Waals surface area contributed by atoms with Crippen LogP contribution in [-0.2, 0) is 0 Å². The lowest BCUT2D eigenvalue weighted by atomic mass is 9.84. The Hall–Kier alpha value is -3.28. The number of carbonyl (C=O) groups excluding carboxylic acids is 1. The molecule has 0 bridgehead atoms. The second kappa shape index (κ2) is 5.91. The molecule has 0 amide bonds. The van der Waals surface area contributed by atoms with E-state index < -0.39 is 0 Å². The highest BCUT2D eigenvalue weighted by molar-refractivity contribution is 6.27. The van der Waals surface area contributed by atoms with E-state index in [1.807, 2.05) is 18.2 Å². The third-order valence-corrected chi connectivity index (χ3v) is 4.65. The lowest BCUT2D eigenvalue weighted by molar-refractivity contribution is 0.103. The number of methoxy groups -OCH3 is 4. The Labute approximate surface area is 150 Å². The van der Waals surface area contributed by atoms with Crippen molar-refractivity contribution in [2.75, 3.05) is 28.4 Å². The van der Waals surface area contributed by atoms with E-state index in [2.05, 4.69) is 4.98 Å². The van der Waals surface area contributed by atoms with Gasteiger partial charge in [0.15, 0.2) is 11.5 Å². The van der Waals surface area contributed by atoms with Gasteiger partial charge in [-0.15, -0.1) is 0 Å². The monoisotopic (exact) mass is 351 g/mol. The third-order valence-electron chi connectivity index (χ3n) is 4.65. The molecule has 6 heteroatoms. The van der Waals surface area contributed by atoms with Crippen LogP contribution in [-0.4, -0.2) is 39.2 Å². The Bertz CT molecular complexity index is 1060. The van der Waals surface area contributed by atoms with Crippen molar-refractivity contribution in [2.24, 2.45) is 0 Å². The summed E-state index contributed by atoms with van der Waals surface area (Å²) in [6, 6.07) is 7.20. The Balaban J connectivity index is 2.24. The molecule has 26 heavy (non-hydrogen) atoms. The van der Waals surface area contributed by atoms with Crippen LogP contribution in [0.4, 0.5) is 0 Å². The molecule has 0 fully saturated rings. The van der Waals surface area contributed by atoms with Crippen LogP contribution < -0.4 is 18.9 Å². The number of hydrogen-bond donors (Lipinski definition) is 0. The fraction of sp³-hybridized carbons (Fsp3) is 0.200. The zero-order valence-electron chi connectivity index (χ0n) is 14.9. The molecule has 1 aliphatic rings. The molecule has 4 rings (SSSR count). The van der Waals surface area contributed by atoms with Crippen LogP contribution in [0.25, 0.3) is 21.9 Å². The molecule has 0 atom stereocenters. The minimum atomic E-state index is -0.161. The van der Waals surface area contributed by atoms with E-state index in [0.29, 0.717) is 39.6 Å². The van der Waals surface area contributed by atoms with E-state index in [1.54, 1.807) is 40.7 Å². The van der Waals surface area contributed by atoms with Gasteiger partial charge in [-0.2, -0.15) is 0 Å². The number of hydrogen-bond acceptors (Lipinski definition) is 6. The normalized spacial score (nSPS) is 11.9. The molecule has 0 spiro atoms. The first-order chi connectivity index (χ1) is 12.7. The maximum atomic E-state index is 13.1. The molecular weight excluding hydrogens is 334 g/mol. The maximum absolute atomic E-state index is 13.1. The molecule has 1 aromatic heterocycles. The molecule has 2 aromatic carbocycles. The molecule has 0 radical (unpaired) electrons. The van der Waals surface area contributed by atoms with Gasteiger partial charge in [0.1, 0.15) is 11.4 Å². The molecule has 0 saturated carbocycles. The van der Waals surface area contributed by atoms with E-state index in [-0.39, 0.29) is 5.78 Å². The number of benzene rings is 2. The topological polar surface area (TPSA) is 66.9 Å². The van der Waals surface area contributed by atoms with E-state index in [0.717, 1.165) is 16.5 Å². The SMILES string of the molecule is COc1ccc2c(c1)C(=O)c1nccc3c(OC)c(OC)c(OC)c-2c13. The summed E-state index contributed by atoms with van der Waals surface area (Å²) in [4.78, 5) is 17.4. The first-order valence-corrected chi connectivity index (χ1v) is 8.00. The highest BCUT2D eigenvalue weighted by Crippen LogP contribution is 2.54. The Morgan fingerprint density at radius 3 is 2.19 bits per heavy atom. The van der Waals surface area contributed by atoms with Gasteiger partial charge in [0.2, 0.25) is 11.5 Å². The van der Waals surface area contributed by atoms with Crippen molar-refractivity contribution in [3.05, 3.63) is 41.7 Å². The average molecular weight is 351 g/mol. The summed E-state index contributed by atoms with van der Waals surface area (Å²) in [5, 5.41) is 1.45. The van der Waals surface area contributed by atoms with Gasteiger partial charge in [0, 0.05) is 28.1 Å². The number of nitrogens with zero attached hydrogens (tertiary/aromatic N) is 1. The fourth-order valence-electron chi connectivity index (χ4n) is 3.55. The van der Waals surface area contributed by atoms with Gasteiger partial charge in [0.25, 0.3) is 0 Å². The summed E-state index contributed by atoms with van der Waals surface area (Å²) in [5.74, 6) is 1.94. The predicted octanol–water partition coefficient (Wildman–Crippen LogP) is 3.48. The van der Waals surface area contributed by atoms with Crippen LogP contribution in [0, 0.1) is 0 Å². The van der Waals surface area contributed by atoms with Crippen molar-refractivity contribution in [3.63, 3.8) is 0 Å². The smallest absolute Gasteiger partial charge is 0.212 e. The highest BCUT2D eigenvalue weighted by Gasteiger charge is 2.33. The molecule has 3 aromatic rings. The van der Waals surface area contributed by atoms with Crippen LogP contribution >= 0.6 is 0 Å². The highest BCUT2D eigenvalue weighted by atomic mass is 16.5. The Morgan fingerprint density at radius 2 is 1.54 bits per heavy atom. The van der Waals surface area contributed by atoms with Crippen LogP contribution in [0.1, 0.15) is 16.1 Å². The number of fused-ring (bicyclic) bond motifs is 2. The van der Waals surface area contributed by atoms with Gasteiger partial charge < -0.3 is 18.9 Å². The lowest BCUT2D eigenvalue weighted by Gasteiger charge is -2.25. The van der Waals surface area contributed by atoms with Crippen molar-refractivity contribution in [1.82, 2.24) is 4.98 Å². The first kappa shape index (κ1) is 16.2. The van der Waals surface area contributed by atoms with Gasteiger partial charge in [-0.1, -0.05) is 0 Å². The second-order valence-corrected chi connectivity index (χ2v) is 5.80. The van der Waals surface area contributed by atoms with Gasteiger partial charge in [-0.25, -0.2) is 0 Å². The van der Waals surface area contributed by atoms with E-state index >= 15 is 0 Å². The zero-order valence-corrected chi connectivity index (χ0v) is 14.9. The van der Waals surface area contributed by atoms with Crippen molar-refractivity contribution in [1.29, 1.82) is 0 Å². The van der Waals surface area contributed by atoms with Gasteiger partial charge in [-0.3, -0.25) is 9.78 Å². The number of ether oxygens (including phenoxy) is 4. The largest absolute Gasteiger partial charge is 0.497 e. The predicted molar refractivity (Wildman–Crippen MR) is 96.8 cm³/mol. The van der Waals surface area contributed by atoms with Gasteiger partial charge in [-0.05, 0) is 29.8 Å². The minimum Gasteiger partial charge on any atom is -0.497 e. The average Bonchev–Trinajstić information content (AvgIpc) is 2.69. The fourth-order valence-corrected chi connectivity index (χ4v) is 3.55. The van der Waals surface area contributed by atoms with Crippen molar-refractivity contribution < 1.29 is 23.7 Å². The standard InChI is InChI=1S/C20H17NO5/c1-23-10-5-6-11-13(9-10)17(22)16-14-12(7-8-21-16)18(24-2)20(26-4)19(25-3)15(11)14/h5-9H,1-4H3.